The third-order valence-corrected chi connectivity index (χ3v) is 5.18. The first-order valence-electron chi connectivity index (χ1n) is 9.98. The molecule has 30 heavy (non-hydrogen) atoms. The van der Waals surface area contributed by atoms with Crippen molar-refractivity contribution in [2.75, 3.05) is 36.4 Å². The molecule has 1 aliphatic heterocycles. The predicted octanol–water partition coefficient (Wildman–Crippen LogP) is 2.49. The number of benzene rings is 2. The number of carbonyl (C=O) groups excluding carboxylic acids is 2. The van der Waals surface area contributed by atoms with E-state index in [4.69, 9.17) is 0 Å². The quantitative estimate of drug-likeness (QED) is 0.697. The van der Waals surface area contributed by atoms with E-state index in [0.717, 1.165) is 16.5 Å². The Kier molecular flexibility index (Phi) is 5.74. The second kappa shape index (κ2) is 8.77. The maximum absolute atomic E-state index is 12.6. The number of aromatic nitrogens is 2. The van der Waals surface area contributed by atoms with Gasteiger partial charge >= 0.3 is 6.03 Å². The molecular weight excluding hydrogens is 380 g/mol. The lowest BCUT2D eigenvalue weighted by atomic mass is 10.1. The summed E-state index contributed by atoms with van der Waals surface area (Å²) in [5.41, 5.74) is 0.732. The average Bonchev–Trinajstić information content (AvgIpc) is 2.80. The molecule has 8 heteroatoms. The molecule has 1 aromatic heterocycles. The van der Waals surface area contributed by atoms with Crippen LogP contribution in [0.2, 0.25) is 0 Å². The van der Waals surface area contributed by atoms with E-state index >= 15 is 0 Å². The highest BCUT2D eigenvalue weighted by molar-refractivity contribution is 6.04. The van der Waals surface area contributed by atoms with Gasteiger partial charge < -0.3 is 20.4 Å². The third-order valence-electron chi connectivity index (χ3n) is 5.18. The molecule has 0 radical (unpaired) electrons. The Balaban J connectivity index is 1.32. The van der Waals surface area contributed by atoms with Crippen molar-refractivity contribution >= 4 is 34.3 Å². The number of hydrogen-bond donors (Lipinski definition) is 2. The van der Waals surface area contributed by atoms with Crippen LogP contribution < -0.4 is 15.5 Å². The molecule has 3 amide bonds. The first-order chi connectivity index (χ1) is 14.6. The normalized spacial score (nSPS) is 15.0. The average molecular weight is 404 g/mol. The van der Waals surface area contributed by atoms with Crippen LogP contribution in [-0.4, -0.2) is 59.0 Å². The summed E-state index contributed by atoms with van der Waals surface area (Å²) in [7, 11) is 0. The molecule has 8 nitrogen and oxygen atoms in total. The van der Waals surface area contributed by atoms with Crippen LogP contribution in [-0.2, 0) is 4.79 Å². The molecule has 1 fully saturated rings. The first kappa shape index (κ1) is 19.6. The number of amides is 3. The standard InChI is InChI=1S/C22H24N6O2/c1-16(20(29)26-19-9-4-7-17-6-2-3-8-18(17)19)25-22(30)28-14-12-27(13-15-28)21-23-10-5-11-24-21/h2-11,16H,12-15H2,1H3,(H,25,30)(H,26,29)/t16-/m1/s1. The fourth-order valence-corrected chi connectivity index (χ4v) is 3.48. The number of hydrogen-bond acceptors (Lipinski definition) is 5. The molecule has 0 aliphatic carbocycles. The molecule has 0 spiro atoms. The Hall–Kier alpha value is -3.68. The monoisotopic (exact) mass is 404 g/mol. The molecule has 2 heterocycles. The molecule has 1 saturated heterocycles. The van der Waals surface area contributed by atoms with Crippen molar-refractivity contribution in [2.45, 2.75) is 13.0 Å². The lowest BCUT2D eigenvalue weighted by molar-refractivity contribution is -0.117. The maximum Gasteiger partial charge on any atom is 0.318 e. The summed E-state index contributed by atoms with van der Waals surface area (Å²) >= 11 is 0. The predicted molar refractivity (Wildman–Crippen MR) is 116 cm³/mol. The Morgan fingerprint density at radius 3 is 2.40 bits per heavy atom. The van der Waals surface area contributed by atoms with Crippen LogP contribution in [0.25, 0.3) is 10.8 Å². The zero-order valence-corrected chi connectivity index (χ0v) is 16.8. The summed E-state index contributed by atoms with van der Waals surface area (Å²) in [5, 5.41) is 7.73. The fraction of sp³-hybridized carbons (Fsp3) is 0.273. The number of fused-ring (bicyclic) bond motifs is 1. The van der Waals surface area contributed by atoms with E-state index in [9.17, 15) is 9.59 Å². The summed E-state index contributed by atoms with van der Waals surface area (Å²) in [6.07, 6.45) is 3.41. The lowest BCUT2D eigenvalue weighted by Gasteiger charge is -2.35. The molecule has 4 rings (SSSR count). The number of nitrogens with one attached hydrogen (secondary N) is 2. The highest BCUT2D eigenvalue weighted by Crippen LogP contribution is 2.23. The third kappa shape index (κ3) is 4.32. The number of urea groups is 1. The van der Waals surface area contributed by atoms with Crippen molar-refractivity contribution in [3.05, 3.63) is 60.9 Å². The van der Waals surface area contributed by atoms with Gasteiger partial charge in [-0.05, 0) is 24.4 Å². The van der Waals surface area contributed by atoms with Gasteiger partial charge in [-0.2, -0.15) is 0 Å². The molecule has 0 bridgehead atoms. The Morgan fingerprint density at radius 2 is 1.63 bits per heavy atom. The number of carbonyl (C=O) groups is 2. The molecule has 0 unspecified atom stereocenters. The van der Waals surface area contributed by atoms with E-state index in [1.165, 1.54) is 0 Å². The van der Waals surface area contributed by atoms with Crippen LogP contribution >= 0.6 is 0 Å². The van der Waals surface area contributed by atoms with Gasteiger partial charge in [0.15, 0.2) is 0 Å². The lowest BCUT2D eigenvalue weighted by Crippen LogP contribution is -2.55. The minimum absolute atomic E-state index is 0.246. The van der Waals surface area contributed by atoms with E-state index in [-0.39, 0.29) is 11.9 Å². The van der Waals surface area contributed by atoms with E-state index in [1.807, 2.05) is 47.4 Å². The number of piperazine rings is 1. The molecule has 2 aromatic carbocycles. The molecule has 3 aromatic rings. The minimum atomic E-state index is -0.660. The van der Waals surface area contributed by atoms with Crippen LogP contribution in [0.15, 0.2) is 60.9 Å². The summed E-state index contributed by atoms with van der Waals surface area (Å²) in [6, 6.07) is 14.5. The minimum Gasteiger partial charge on any atom is -0.337 e. The van der Waals surface area contributed by atoms with Crippen molar-refractivity contribution < 1.29 is 9.59 Å². The smallest absolute Gasteiger partial charge is 0.318 e. The van der Waals surface area contributed by atoms with Crippen LogP contribution in [0.4, 0.5) is 16.4 Å². The van der Waals surface area contributed by atoms with E-state index in [1.54, 1.807) is 30.3 Å². The van der Waals surface area contributed by atoms with E-state index in [0.29, 0.717) is 32.1 Å². The largest absolute Gasteiger partial charge is 0.337 e. The van der Waals surface area contributed by atoms with Crippen LogP contribution in [0.5, 0.6) is 0 Å². The fourth-order valence-electron chi connectivity index (χ4n) is 3.48. The molecule has 1 atom stereocenters. The van der Waals surface area contributed by atoms with Gasteiger partial charge in [-0.3, -0.25) is 4.79 Å². The summed E-state index contributed by atoms with van der Waals surface area (Å²) in [6.45, 7) is 4.07. The molecule has 154 valence electrons. The summed E-state index contributed by atoms with van der Waals surface area (Å²) in [5.74, 6) is 0.413. The van der Waals surface area contributed by atoms with Crippen molar-refractivity contribution in [3.8, 4) is 0 Å². The molecule has 0 saturated carbocycles. The highest BCUT2D eigenvalue weighted by Gasteiger charge is 2.25. The number of anilines is 2. The topological polar surface area (TPSA) is 90.5 Å². The van der Waals surface area contributed by atoms with Gasteiger partial charge in [0.1, 0.15) is 6.04 Å². The maximum atomic E-state index is 12.6. The van der Waals surface area contributed by atoms with Crippen LogP contribution in [0, 0.1) is 0 Å². The van der Waals surface area contributed by atoms with Crippen molar-refractivity contribution in [1.82, 2.24) is 20.2 Å². The van der Waals surface area contributed by atoms with Crippen molar-refractivity contribution in [2.24, 2.45) is 0 Å². The van der Waals surface area contributed by atoms with Crippen LogP contribution in [0.1, 0.15) is 6.92 Å². The van der Waals surface area contributed by atoms with Crippen LogP contribution in [0.3, 0.4) is 0 Å². The Morgan fingerprint density at radius 1 is 0.933 bits per heavy atom. The Bertz CT molecular complexity index is 1030. The van der Waals surface area contributed by atoms with Gasteiger partial charge in [-0.1, -0.05) is 36.4 Å². The van der Waals surface area contributed by atoms with Crippen molar-refractivity contribution in [3.63, 3.8) is 0 Å². The molecule has 1 aliphatic rings. The zero-order chi connectivity index (χ0) is 20.9. The summed E-state index contributed by atoms with van der Waals surface area (Å²) in [4.78, 5) is 37.5. The second-order valence-corrected chi connectivity index (χ2v) is 7.21. The summed E-state index contributed by atoms with van der Waals surface area (Å²) < 4.78 is 0. The van der Waals surface area contributed by atoms with Crippen molar-refractivity contribution in [1.29, 1.82) is 0 Å². The van der Waals surface area contributed by atoms with Gasteiger partial charge in [0.05, 0.1) is 0 Å². The van der Waals surface area contributed by atoms with Gasteiger partial charge in [-0.25, -0.2) is 14.8 Å². The Labute approximate surface area is 174 Å². The van der Waals surface area contributed by atoms with Gasteiger partial charge in [-0.15, -0.1) is 0 Å². The first-order valence-corrected chi connectivity index (χ1v) is 9.98. The number of rotatable bonds is 4. The second-order valence-electron chi connectivity index (χ2n) is 7.21. The molecular formula is C22H24N6O2. The highest BCUT2D eigenvalue weighted by atomic mass is 16.2. The van der Waals surface area contributed by atoms with Gasteiger partial charge in [0, 0.05) is 49.6 Å². The SMILES string of the molecule is C[C@@H](NC(=O)N1CCN(c2ncccn2)CC1)C(=O)Nc1cccc2ccccc12. The van der Waals surface area contributed by atoms with E-state index in [2.05, 4.69) is 20.6 Å². The zero-order valence-electron chi connectivity index (χ0n) is 16.8. The molecule has 2 N–H and O–H groups in total. The van der Waals surface area contributed by atoms with E-state index < -0.39 is 6.04 Å². The van der Waals surface area contributed by atoms with Gasteiger partial charge in [0.2, 0.25) is 11.9 Å². The number of nitrogens with zero attached hydrogens (tertiary/aromatic N) is 4. The van der Waals surface area contributed by atoms with Gasteiger partial charge in [0.25, 0.3) is 0 Å².